The van der Waals surface area contributed by atoms with E-state index in [9.17, 15) is 0 Å². The van der Waals surface area contributed by atoms with E-state index in [1.54, 1.807) is 0 Å². The standard InChI is InChI=1S/C30H50/c1-25(2)15-11-19-29(7)23-13-21-27(5)17-9-10-18-28(6)22-14-24-30(8)20-12-16-26(3)4/h15-18,23-24H,9-14,19-22H2,1-8H3/b27-17-,28-18+,29-23+,30-24-. The van der Waals surface area contributed by atoms with E-state index in [0.29, 0.717) is 0 Å². The summed E-state index contributed by atoms with van der Waals surface area (Å²) < 4.78 is 0. The number of rotatable bonds is 15. The maximum Gasteiger partial charge on any atom is -0.0288 e. The number of hydrogen-bond acceptors (Lipinski definition) is 0. The van der Waals surface area contributed by atoms with Crippen LogP contribution in [-0.2, 0) is 0 Å². The van der Waals surface area contributed by atoms with Crippen LogP contribution in [0.1, 0.15) is 120 Å². The summed E-state index contributed by atoms with van der Waals surface area (Å²) in [4.78, 5) is 0. The lowest BCUT2D eigenvalue weighted by Gasteiger charge is -2.02. The van der Waals surface area contributed by atoms with Gasteiger partial charge in [-0.15, -0.1) is 0 Å². The summed E-state index contributed by atoms with van der Waals surface area (Å²) in [6.07, 6.45) is 26.2. The lowest BCUT2D eigenvalue weighted by molar-refractivity contribution is 0.896. The van der Waals surface area contributed by atoms with E-state index in [2.05, 4.69) is 91.8 Å². The highest BCUT2D eigenvalue weighted by Gasteiger charge is 1.94. The van der Waals surface area contributed by atoms with Gasteiger partial charge in [0.1, 0.15) is 0 Å². The molecule has 0 spiro atoms. The van der Waals surface area contributed by atoms with Gasteiger partial charge in [0.2, 0.25) is 0 Å². The van der Waals surface area contributed by atoms with Crippen molar-refractivity contribution in [3.05, 3.63) is 69.9 Å². The molecule has 0 heteroatoms. The Morgan fingerprint density at radius 2 is 0.567 bits per heavy atom. The Morgan fingerprint density at radius 3 is 0.833 bits per heavy atom. The topological polar surface area (TPSA) is 0 Å². The molecule has 170 valence electrons. The second kappa shape index (κ2) is 18.2. The minimum Gasteiger partial charge on any atom is -0.0856 e. The largest absolute Gasteiger partial charge is 0.0856 e. The first kappa shape index (κ1) is 28.4. The predicted octanol–water partition coefficient (Wildman–Crippen LogP) is 10.6. The van der Waals surface area contributed by atoms with Crippen molar-refractivity contribution in [1.29, 1.82) is 0 Å². The van der Waals surface area contributed by atoms with Gasteiger partial charge in [-0.25, -0.2) is 0 Å². The molecule has 0 aromatic rings. The molecule has 0 N–H and O–H groups in total. The van der Waals surface area contributed by atoms with E-state index in [4.69, 9.17) is 0 Å². The molecule has 0 aromatic heterocycles. The van der Waals surface area contributed by atoms with Gasteiger partial charge in [0, 0.05) is 0 Å². The Hall–Kier alpha value is -1.56. The van der Waals surface area contributed by atoms with Crippen LogP contribution in [0.4, 0.5) is 0 Å². The Kier molecular flexibility index (Phi) is 17.3. The molecule has 0 nitrogen and oxygen atoms in total. The van der Waals surface area contributed by atoms with Crippen LogP contribution in [0.25, 0.3) is 0 Å². The molecule has 0 aromatic carbocycles. The van der Waals surface area contributed by atoms with Crippen LogP contribution in [-0.4, -0.2) is 0 Å². The third-order valence-electron chi connectivity index (χ3n) is 5.40. The zero-order valence-electron chi connectivity index (χ0n) is 21.5. The molecule has 0 aliphatic carbocycles. The average Bonchev–Trinajstić information content (AvgIpc) is 2.64. The molecule has 0 unspecified atom stereocenters. The lowest BCUT2D eigenvalue weighted by atomic mass is 10.0. The summed E-state index contributed by atoms with van der Waals surface area (Å²) in [5.74, 6) is 0. The van der Waals surface area contributed by atoms with Gasteiger partial charge < -0.3 is 0 Å². The van der Waals surface area contributed by atoms with Crippen LogP contribution < -0.4 is 0 Å². The van der Waals surface area contributed by atoms with Gasteiger partial charge >= 0.3 is 0 Å². The monoisotopic (exact) mass is 410 g/mol. The third kappa shape index (κ3) is 19.7. The molecule has 0 fully saturated rings. The van der Waals surface area contributed by atoms with Gasteiger partial charge in [-0.3, -0.25) is 0 Å². The summed E-state index contributed by atoms with van der Waals surface area (Å²) in [5, 5.41) is 0. The van der Waals surface area contributed by atoms with Crippen molar-refractivity contribution in [3.63, 3.8) is 0 Å². The summed E-state index contributed by atoms with van der Waals surface area (Å²) in [6.45, 7) is 17.8. The van der Waals surface area contributed by atoms with Crippen LogP contribution in [0, 0.1) is 0 Å². The van der Waals surface area contributed by atoms with Gasteiger partial charge in [-0.2, -0.15) is 0 Å². The molecule has 0 saturated heterocycles. The molecule has 0 heterocycles. The molecule has 0 saturated carbocycles. The zero-order chi connectivity index (χ0) is 22.8. The second-order valence-corrected chi connectivity index (χ2v) is 9.50. The molecule has 30 heavy (non-hydrogen) atoms. The fraction of sp³-hybridized carbons (Fsp3) is 0.600. The molecule has 0 atom stereocenters. The predicted molar refractivity (Wildman–Crippen MR) is 140 cm³/mol. The second-order valence-electron chi connectivity index (χ2n) is 9.50. The number of unbranched alkanes of at least 4 members (excludes halogenated alkanes) is 1. The summed E-state index contributed by atoms with van der Waals surface area (Å²) in [5.41, 5.74) is 8.97. The average molecular weight is 411 g/mol. The van der Waals surface area contributed by atoms with Crippen LogP contribution >= 0.6 is 0 Å². The van der Waals surface area contributed by atoms with E-state index in [0.717, 1.165) is 0 Å². The molecular formula is C30H50. The summed E-state index contributed by atoms with van der Waals surface area (Å²) in [7, 11) is 0. The minimum absolute atomic E-state index is 1.17. The Bertz CT molecular complexity index is 578. The fourth-order valence-electron chi connectivity index (χ4n) is 3.34. The Morgan fingerprint density at radius 1 is 0.333 bits per heavy atom. The summed E-state index contributed by atoms with van der Waals surface area (Å²) in [6, 6.07) is 0. The van der Waals surface area contributed by atoms with Gasteiger partial charge in [-0.1, -0.05) is 69.9 Å². The van der Waals surface area contributed by atoms with Crippen LogP contribution in [0.5, 0.6) is 0 Å². The maximum atomic E-state index is 2.43. The normalized spacial score (nSPS) is 13.5. The molecule has 0 aliphatic rings. The molecule has 0 rings (SSSR count). The van der Waals surface area contributed by atoms with E-state index in [1.165, 1.54) is 97.6 Å². The fourth-order valence-corrected chi connectivity index (χ4v) is 3.34. The molecular weight excluding hydrogens is 360 g/mol. The van der Waals surface area contributed by atoms with E-state index in [-0.39, 0.29) is 0 Å². The SMILES string of the molecule is CC(C)=CCC/C(C)=C\CC/C(C)=C/CC/C=C(/C)CC/C=C(\C)CCC=C(C)C. The van der Waals surface area contributed by atoms with Crippen molar-refractivity contribution < 1.29 is 0 Å². The summed E-state index contributed by atoms with van der Waals surface area (Å²) >= 11 is 0. The number of hydrogen-bond donors (Lipinski definition) is 0. The Labute approximate surface area is 189 Å². The van der Waals surface area contributed by atoms with Crippen molar-refractivity contribution in [2.45, 2.75) is 120 Å². The lowest BCUT2D eigenvalue weighted by Crippen LogP contribution is -1.82. The van der Waals surface area contributed by atoms with Crippen molar-refractivity contribution in [2.75, 3.05) is 0 Å². The van der Waals surface area contributed by atoms with Crippen LogP contribution in [0.2, 0.25) is 0 Å². The number of allylic oxidation sites excluding steroid dienone is 12. The van der Waals surface area contributed by atoms with Crippen molar-refractivity contribution in [2.24, 2.45) is 0 Å². The van der Waals surface area contributed by atoms with E-state index < -0.39 is 0 Å². The smallest absolute Gasteiger partial charge is 0.0288 e. The van der Waals surface area contributed by atoms with Crippen molar-refractivity contribution in [1.82, 2.24) is 0 Å². The first-order valence-electron chi connectivity index (χ1n) is 12.1. The van der Waals surface area contributed by atoms with Crippen molar-refractivity contribution >= 4 is 0 Å². The highest BCUT2D eigenvalue weighted by atomic mass is 14.0. The van der Waals surface area contributed by atoms with Gasteiger partial charge in [0.15, 0.2) is 0 Å². The first-order valence-corrected chi connectivity index (χ1v) is 12.1. The van der Waals surface area contributed by atoms with Crippen molar-refractivity contribution in [3.8, 4) is 0 Å². The molecule has 0 amide bonds. The van der Waals surface area contributed by atoms with E-state index in [1.807, 2.05) is 0 Å². The molecule has 0 bridgehead atoms. The third-order valence-corrected chi connectivity index (χ3v) is 5.40. The zero-order valence-corrected chi connectivity index (χ0v) is 21.5. The van der Waals surface area contributed by atoms with Gasteiger partial charge in [0.25, 0.3) is 0 Å². The molecule has 0 aliphatic heterocycles. The minimum atomic E-state index is 1.17. The first-order chi connectivity index (χ1) is 14.2. The quantitative estimate of drug-likeness (QED) is 0.186. The Balaban J connectivity index is 4.05. The molecule has 0 radical (unpaired) electrons. The van der Waals surface area contributed by atoms with Gasteiger partial charge in [0.05, 0.1) is 0 Å². The van der Waals surface area contributed by atoms with Crippen LogP contribution in [0.15, 0.2) is 69.9 Å². The highest BCUT2D eigenvalue weighted by Crippen LogP contribution is 2.14. The maximum absolute atomic E-state index is 2.43. The van der Waals surface area contributed by atoms with E-state index >= 15 is 0 Å². The highest BCUT2D eigenvalue weighted by molar-refractivity contribution is 5.08. The van der Waals surface area contributed by atoms with Gasteiger partial charge in [-0.05, 0) is 120 Å². The van der Waals surface area contributed by atoms with Crippen LogP contribution in [0.3, 0.4) is 0 Å².